The highest BCUT2D eigenvalue weighted by atomic mass is 32.2. The van der Waals surface area contributed by atoms with Gasteiger partial charge in [-0.15, -0.1) is 0 Å². The first-order valence-corrected chi connectivity index (χ1v) is 6.03. The lowest BCUT2D eigenvalue weighted by Gasteiger charge is -2.21. The van der Waals surface area contributed by atoms with Crippen molar-refractivity contribution in [1.82, 2.24) is 0 Å². The minimum Gasteiger partial charge on any atom is -0.491 e. The lowest BCUT2D eigenvalue weighted by atomic mass is 10.2. The highest BCUT2D eigenvalue weighted by Crippen LogP contribution is 2.40. The van der Waals surface area contributed by atoms with Gasteiger partial charge in [-0.25, -0.2) is 8.42 Å². The first-order chi connectivity index (χ1) is 7.32. The molecule has 0 unspecified atom stereocenters. The lowest BCUT2D eigenvalue weighted by Crippen LogP contribution is -2.24. The number of benzene rings is 1. The summed E-state index contributed by atoms with van der Waals surface area (Å²) < 4.78 is 65.8. The normalized spacial score (nSPS) is 18.7. The number of ether oxygens (including phenoxy) is 1. The Morgan fingerprint density at radius 1 is 1.25 bits per heavy atom. The SMILES string of the molecule is O=S1(=O)CCOc2cccc(C(F)(F)F)c21. The minimum absolute atomic E-state index is 0.114. The number of sulfone groups is 1. The highest BCUT2D eigenvalue weighted by molar-refractivity contribution is 7.91. The Bertz CT molecular complexity index is 519. The molecular weight excluding hydrogens is 245 g/mol. The van der Waals surface area contributed by atoms with Crippen molar-refractivity contribution < 1.29 is 26.3 Å². The molecule has 1 aliphatic rings. The Morgan fingerprint density at radius 2 is 1.94 bits per heavy atom. The van der Waals surface area contributed by atoms with E-state index in [1.165, 1.54) is 6.07 Å². The van der Waals surface area contributed by atoms with Crippen LogP contribution in [0.15, 0.2) is 23.1 Å². The summed E-state index contributed by atoms with van der Waals surface area (Å²) in [5.41, 5.74) is -1.16. The maximum absolute atomic E-state index is 12.6. The summed E-state index contributed by atoms with van der Waals surface area (Å²) in [5.74, 6) is -0.645. The Labute approximate surface area is 89.8 Å². The van der Waals surface area contributed by atoms with Gasteiger partial charge in [-0.3, -0.25) is 0 Å². The van der Waals surface area contributed by atoms with E-state index < -0.39 is 32.2 Å². The van der Waals surface area contributed by atoms with Gasteiger partial charge in [0.2, 0.25) is 0 Å². The van der Waals surface area contributed by atoms with Gasteiger partial charge in [0.1, 0.15) is 17.3 Å². The summed E-state index contributed by atoms with van der Waals surface area (Å²) in [7, 11) is -3.90. The predicted octanol–water partition coefficient (Wildman–Crippen LogP) is 1.87. The summed E-state index contributed by atoms with van der Waals surface area (Å²) in [6, 6.07) is 3.09. The van der Waals surface area contributed by atoms with Gasteiger partial charge in [0.15, 0.2) is 9.84 Å². The second-order valence-electron chi connectivity index (χ2n) is 3.30. The molecule has 1 aliphatic heterocycles. The molecule has 7 heteroatoms. The fourth-order valence-corrected chi connectivity index (χ4v) is 3.00. The summed E-state index contributed by atoms with van der Waals surface area (Å²) in [6.45, 7) is -0.114. The van der Waals surface area contributed by atoms with Crippen LogP contribution in [0.4, 0.5) is 13.2 Å². The van der Waals surface area contributed by atoms with E-state index in [9.17, 15) is 21.6 Å². The first-order valence-electron chi connectivity index (χ1n) is 4.38. The van der Waals surface area contributed by atoms with Gasteiger partial charge in [-0.1, -0.05) is 6.07 Å². The van der Waals surface area contributed by atoms with Crippen LogP contribution in [0.1, 0.15) is 5.56 Å². The lowest BCUT2D eigenvalue weighted by molar-refractivity contribution is -0.140. The fraction of sp³-hybridized carbons (Fsp3) is 0.333. The second kappa shape index (κ2) is 3.38. The molecule has 0 amide bonds. The monoisotopic (exact) mass is 252 g/mol. The third-order valence-corrected chi connectivity index (χ3v) is 3.95. The second-order valence-corrected chi connectivity index (χ2v) is 5.34. The molecule has 16 heavy (non-hydrogen) atoms. The van der Waals surface area contributed by atoms with E-state index >= 15 is 0 Å². The van der Waals surface area contributed by atoms with Crippen LogP contribution in [0.5, 0.6) is 5.75 Å². The standard InChI is InChI=1S/C9H7F3O3S/c10-9(11,12)6-2-1-3-7-8(6)16(13,14)5-4-15-7/h1-3H,4-5H2. The molecular formula is C9H7F3O3S. The van der Waals surface area contributed by atoms with Gasteiger partial charge >= 0.3 is 6.18 Å². The van der Waals surface area contributed by atoms with E-state index in [1.54, 1.807) is 0 Å². The van der Waals surface area contributed by atoms with Crippen LogP contribution in [0, 0.1) is 0 Å². The predicted molar refractivity (Wildman–Crippen MR) is 49.0 cm³/mol. The van der Waals surface area contributed by atoms with Crippen molar-refractivity contribution >= 4 is 9.84 Å². The zero-order valence-corrected chi connectivity index (χ0v) is 8.73. The molecule has 0 bridgehead atoms. The van der Waals surface area contributed by atoms with Crippen LogP contribution >= 0.6 is 0 Å². The van der Waals surface area contributed by atoms with E-state index in [0.717, 1.165) is 12.1 Å². The molecule has 2 rings (SSSR count). The molecule has 1 aromatic rings. The summed E-state index contributed by atoms with van der Waals surface area (Å²) in [4.78, 5) is -0.742. The molecule has 0 spiro atoms. The van der Waals surface area contributed by atoms with Crippen LogP contribution in [0.2, 0.25) is 0 Å². The maximum Gasteiger partial charge on any atom is 0.417 e. The Kier molecular flexibility index (Phi) is 2.37. The molecule has 0 aliphatic carbocycles. The molecule has 0 aromatic heterocycles. The summed E-state index contributed by atoms with van der Waals surface area (Å²) in [5, 5.41) is 0. The number of fused-ring (bicyclic) bond motifs is 1. The number of hydrogen-bond acceptors (Lipinski definition) is 3. The molecule has 1 heterocycles. The summed E-state index contributed by atoms with van der Waals surface area (Å²) >= 11 is 0. The van der Waals surface area contributed by atoms with E-state index in [2.05, 4.69) is 0 Å². The van der Waals surface area contributed by atoms with Gasteiger partial charge in [-0.05, 0) is 12.1 Å². The molecule has 1 aromatic carbocycles. The minimum atomic E-state index is -4.70. The number of alkyl halides is 3. The molecule has 0 fully saturated rings. The third-order valence-electron chi connectivity index (χ3n) is 2.20. The van der Waals surface area contributed by atoms with E-state index in [4.69, 9.17) is 4.74 Å². The van der Waals surface area contributed by atoms with Crippen molar-refractivity contribution in [1.29, 1.82) is 0 Å². The molecule has 3 nitrogen and oxygen atoms in total. The van der Waals surface area contributed by atoms with Gasteiger partial charge in [-0.2, -0.15) is 13.2 Å². The fourth-order valence-electron chi connectivity index (χ4n) is 1.54. The van der Waals surface area contributed by atoms with Crippen LogP contribution < -0.4 is 4.74 Å². The molecule has 88 valence electrons. The van der Waals surface area contributed by atoms with Crippen molar-refractivity contribution in [2.45, 2.75) is 11.1 Å². The average Bonchev–Trinajstić information content (AvgIpc) is 2.15. The third kappa shape index (κ3) is 1.75. The van der Waals surface area contributed by atoms with E-state index in [-0.39, 0.29) is 12.4 Å². The smallest absolute Gasteiger partial charge is 0.417 e. The molecule has 0 saturated heterocycles. The zero-order valence-electron chi connectivity index (χ0n) is 7.91. The van der Waals surface area contributed by atoms with E-state index in [0.29, 0.717) is 0 Å². The van der Waals surface area contributed by atoms with Crippen molar-refractivity contribution in [3.8, 4) is 5.75 Å². The van der Waals surface area contributed by atoms with Crippen molar-refractivity contribution in [2.75, 3.05) is 12.4 Å². The zero-order chi connectivity index (χ0) is 12.0. The Balaban J connectivity index is 2.76. The topological polar surface area (TPSA) is 43.4 Å². The van der Waals surface area contributed by atoms with Crippen molar-refractivity contribution in [3.63, 3.8) is 0 Å². The van der Waals surface area contributed by atoms with E-state index in [1.807, 2.05) is 0 Å². The van der Waals surface area contributed by atoms with Crippen molar-refractivity contribution in [3.05, 3.63) is 23.8 Å². The first kappa shape index (κ1) is 11.3. The van der Waals surface area contributed by atoms with Crippen LogP contribution in [0.3, 0.4) is 0 Å². The number of halogens is 3. The number of hydrogen-bond donors (Lipinski definition) is 0. The van der Waals surface area contributed by atoms with Crippen LogP contribution in [-0.2, 0) is 16.0 Å². The molecule has 0 radical (unpaired) electrons. The van der Waals surface area contributed by atoms with Gasteiger partial charge in [0, 0.05) is 0 Å². The maximum atomic E-state index is 12.6. The average molecular weight is 252 g/mol. The molecule has 0 atom stereocenters. The van der Waals surface area contributed by atoms with Crippen molar-refractivity contribution in [2.24, 2.45) is 0 Å². The molecule has 0 N–H and O–H groups in total. The summed E-state index contributed by atoms with van der Waals surface area (Å²) in [6.07, 6.45) is -4.70. The van der Waals surface area contributed by atoms with Gasteiger partial charge in [0.05, 0.1) is 11.3 Å². The van der Waals surface area contributed by atoms with Gasteiger partial charge < -0.3 is 4.74 Å². The van der Waals surface area contributed by atoms with Gasteiger partial charge in [0.25, 0.3) is 0 Å². The Hall–Kier alpha value is -1.24. The highest BCUT2D eigenvalue weighted by Gasteiger charge is 2.40. The van der Waals surface area contributed by atoms with Crippen LogP contribution in [0.25, 0.3) is 0 Å². The van der Waals surface area contributed by atoms with Crippen LogP contribution in [-0.4, -0.2) is 20.8 Å². The number of rotatable bonds is 0. The molecule has 0 saturated carbocycles. The Morgan fingerprint density at radius 3 is 2.56 bits per heavy atom. The quantitative estimate of drug-likeness (QED) is 0.708. The largest absolute Gasteiger partial charge is 0.491 e.